The molecule has 124 valence electrons. The average molecular weight is 298 g/mol. The van der Waals surface area contributed by atoms with Gasteiger partial charge >= 0.3 is 0 Å². The fourth-order valence-electron chi connectivity index (χ4n) is 3.53. The highest BCUT2D eigenvalue weighted by Gasteiger charge is 2.28. The predicted octanol–water partition coefficient (Wildman–Crippen LogP) is 2.42. The summed E-state index contributed by atoms with van der Waals surface area (Å²) in [5, 5.41) is 3.64. The fourth-order valence-corrected chi connectivity index (χ4v) is 3.53. The standard InChI is InChI=1S/C17H34N2O2/c1-4-18-16(9-5-7-15-8-6-11-20-15)17-13-19(14(2)3)10-12-21-17/h14-18H,4-13H2,1-3H3. The van der Waals surface area contributed by atoms with Crippen molar-refractivity contribution in [2.45, 2.75) is 77.2 Å². The minimum atomic E-state index is 0.339. The average Bonchev–Trinajstić information content (AvgIpc) is 3.00. The van der Waals surface area contributed by atoms with Crippen molar-refractivity contribution in [3.63, 3.8) is 0 Å². The molecule has 0 aliphatic carbocycles. The zero-order valence-corrected chi connectivity index (χ0v) is 14.1. The summed E-state index contributed by atoms with van der Waals surface area (Å²) in [5.74, 6) is 0. The van der Waals surface area contributed by atoms with Gasteiger partial charge in [-0.15, -0.1) is 0 Å². The van der Waals surface area contributed by atoms with Crippen LogP contribution < -0.4 is 5.32 Å². The second-order valence-corrected chi connectivity index (χ2v) is 6.73. The number of likely N-dealkylation sites (N-methyl/N-ethyl adjacent to an activating group) is 1. The number of hydrogen-bond acceptors (Lipinski definition) is 4. The van der Waals surface area contributed by atoms with Gasteiger partial charge in [0.25, 0.3) is 0 Å². The van der Waals surface area contributed by atoms with E-state index < -0.39 is 0 Å². The first-order valence-corrected chi connectivity index (χ1v) is 8.91. The van der Waals surface area contributed by atoms with Crippen LogP contribution in [0.25, 0.3) is 0 Å². The first kappa shape index (κ1) is 17.2. The monoisotopic (exact) mass is 298 g/mol. The number of ether oxygens (including phenoxy) is 2. The van der Waals surface area contributed by atoms with Gasteiger partial charge in [0.1, 0.15) is 0 Å². The number of rotatable bonds is 8. The van der Waals surface area contributed by atoms with Gasteiger partial charge in [-0.25, -0.2) is 0 Å². The molecule has 2 fully saturated rings. The molecule has 0 aromatic rings. The summed E-state index contributed by atoms with van der Waals surface area (Å²) in [6.45, 7) is 11.7. The molecule has 4 nitrogen and oxygen atoms in total. The highest BCUT2D eigenvalue weighted by atomic mass is 16.5. The summed E-state index contributed by atoms with van der Waals surface area (Å²) in [7, 11) is 0. The van der Waals surface area contributed by atoms with Crippen LogP contribution >= 0.6 is 0 Å². The van der Waals surface area contributed by atoms with Gasteiger partial charge in [-0.2, -0.15) is 0 Å². The molecule has 0 amide bonds. The predicted molar refractivity (Wildman–Crippen MR) is 86.7 cm³/mol. The molecule has 0 radical (unpaired) electrons. The molecule has 2 aliphatic heterocycles. The van der Waals surface area contributed by atoms with Crippen molar-refractivity contribution in [3.8, 4) is 0 Å². The van der Waals surface area contributed by atoms with Crippen molar-refractivity contribution >= 4 is 0 Å². The third kappa shape index (κ3) is 5.51. The first-order valence-electron chi connectivity index (χ1n) is 8.91. The maximum absolute atomic E-state index is 6.06. The summed E-state index contributed by atoms with van der Waals surface area (Å²) in [5.41, 5.74) is 0. The number of hydrogen-bond donors (Lipinski definition) is 1. The normalized spacial score (nSPS) is 29.1. The lowest BCUT2D eigenvalue weighted by molar-refractivity contribution is -0.0569. The molecular formula is C17H34N2O2. The molecule has 3 atom stereocenters. The van der Waals surface area contributed by atoms with Crippen LogP contribution in [-0.2, 0) is 9.47 Å². The summed E-state index contributed by atoms with van der Waals surface area (Å²) < 4.78 is 11.8. The molecule has 0 aromatic carbocycles. The lowest BCUT2D eigenvalue weighted by atomic mass is 9.99. The van der Waals surface area contributed by atoms with Crippen LogP contribution in [0.4, 0.5) is 0 Å². The molecule has 2 heterocycles. The minimum Gasteiger partial charge on any atom is -0.378 e. The Labute approximate surface area is 130 Å². The van der Waals surface area contributed by atoms with Gasteiger partial charge < -0.3 is 14.8 Å². The van der Waals surface area contributed by atoms with E-state index in [9.17, 15) is 0 Å². The third-order valence-electron chi connectivity index (χ3n) is 4.84. The van der Waals surface area contributed by atoms with Crippen molar-refractivity contribution in [2.75, 3.05) is 32.8 Å². The Morgan fingerprint density at radius 1 is 1.24 bits per heavy atom. The van der Waals surface area contributed by atoms with Gasteiger partial charge in [-0.3, -0.25) is 4.90 Å². The Hall–Kier alpha value is -0.160. The molecule has 0 bridgehead atoms. The molecule has 2 rings (SSSR count). The SMILES string of the molecule is CCNC(CCCC1CCCO1)C1CN(C(C)C)CCO1. The van der Waals surface area contributed by atoms with Gasteiger partial charge in [-0.05, 0) is 52.5 Å². The Bertz CT molecular complexity index is 280. The van der Waals surface area contributed by atoms with Crippen LogP contribution in [0.3, 0.4) is 0 Å². The maximum Gasteiger partial charge on any atom is 0.0855 e. The van der Waals surface area contributed by atoms with Crippen molar-refractivity contribution in [1.29, 1.82) is 0 Å². The van der Waals surface area contributed by atoms with E-state index in [1.807, 2.05) is 0 Å². The highest BCUT2D eigenvalue weighted by molar-refractivity contribution is 4.84. The van der Waals surface area contributed by atoms with Gasteiger partial charge in [-0.1, -0.05) is 6.92 Å². The Morgan fingerprint density at radius 3 is 2.76 bits per heavy atom. The summed E-state index contributed by atoms with van der Waals surface area (Å²) in [6, 6.07) is 1.10. The Balaban J connectivity index is 1.76. The second-order valence-electron chi connectivity index (χ2n) is 6.73. The van der Waals surface area contributed by atoms with Gasteiger partial charge in [0.05, 0.1) is 18.8 Å². The fraction of sp³-hybridized carbons (Fsp3) is 1.00. The molecule has 4 heteroatoms. The van der Waals surface area contributed by atoms with Crippen LogP contribution in [0, 0.1) is 0 Å². The Kier molecular flexibility index (Phi) is 7.44. The molecule has 2 aliphatic rings. The van der Waals surface area contributed by atoms with Crippen LogP contribution in [-0.4, -0.2) is 62.0 Å². The number of nitrogens with one attached hydrogen (secondary N) is 1. The van der Waals surface area contributed by atoms with Gasteiger partial charge in [0, 0.05) is 31.8 Å². The van der Waals surface area contributed by atoms with E-state index in [1.54, 1.807) is 0 Å². The zero-order valence-electron chi connectivity index (χ0n) is 14.1. The summed E-state index contributed by atoms with van der Waals surface area (Å²) >= 11 is 0. The molecule has 1 N–H and O–H groups in total. The van der Waals surface area contributed by atoms with Gasteiger partial charge in [0.15, 0.2) is 0 Å². The van der Waals surface area contributed by atoms with E-state index in [1.165, 1.54) is 32.1 Å². The van der Waals surface area contributed by atoms with E-state index in [0.717, 1.165) is 32.8 Å². The van der Waals surface area contributed by atoms with Crippen molar-refractivity contribution < 1.29 is 9.47 Å². The van der Waals surface area contributed by atoms with Crippen LogP contribution in [0.5, 0.6) is 0 Å². The quantitative estimate of drug-likeness (QED) is 0.746. The first-order chi connectivity index (χ1) is 10.2. The molecule has 0 aromatic heterocycles. The summed E-state index contributed by atoms with van der Waals surface area (Å²) in [4.78, 5) is 2.54. The number of nitrogens with zero attached hydrogens (tertiary/aromatic N) is 1. The van der Waals surface area contributed by atoms with Crippen molar-refractivity contribution in [2.24, 2.45) is 0 Å². The van der Waals surface area contributed by atoms with Crippen molar-refractivity contribution in [1.82, 2.24) is 10.2 Å². The highest BCUT2D eigenvalue weighted by Crippen LogP contribution is 2.20. The molecule has 0 spiro atoms. The van der Waals surface area contributed by atoms with E-state index in [0.29, 0.717) is 24.3 Å². The smallest absolute Gasteiger partial charge is 0.0855 e. The van der Waals surface area contributed by atoms with Crippen LogP contribution in [0.2, 0.25) is 0 Å². The van der Waals surface area contributed by atoms with Crippen LogP contribution in [0.15, 0.2) is 0 Å². The van der Waals surface area contributed by atoms with Crippen LogP contribution in [0.1, 0.15) is 52.9 Å². The van der Waals surface area contributed by atoms with E-state index >= 15 is 0 Å². The van der Waals surface area contributed by atoms with Gasteiger partial charge in [0.2, 0.25) is 0 Å². The maximum atomic E-state index is 6.06. The van der Waals surface area contributed by atoms with E-state index in [4.69, 9.17) is 9.47 Å². The number of morpholine rings is 1. The molecule has 21 heavy (non-hydrogen) atoms. The summed E-state index contributed by atoms with van der Waals surface area (Å²) in [6.07, 6.45) is 7.01. The molecular weight excluding hydrogens is 264 g/mol. The largest absolute Gasteiger partial charge is 0.378 e. The third-order valence-corrected chi connectivity index (χ3v) is 4.84. The lowest BCUT2D eigenvalue weighted by Gasteiger charge is -2.39. The molecule has 0 saturated carbocycles. The van der Waals surface area contributed by atoms with E-state index in [2.05, 4.69) is 31.0 Å². The zero-order chi connectivity index (χ0) is 15.1. The Morgan fingerprint density at radius 2 is 2.10 bits per heavy atom. The van der Waals surface area contributed by atoms with E-state index in [-0.39, 0.29) is 0 Å². The molecule has 2 saturated heterocycles. The lowest BCUT2D eigenvalue weighted by Crippen LogP contribution is -2.53. The van der Waals surface area contributed by atoms with Crippen molar-refractivity contribution in [3.05, 3.63) is 0 Å². The topological polar surface area (TPSA) is 33.7 Å². The minimum absolute atomic E-state index is 0.339. The second kappa shape index (κ2) is 9.09. The molecule has 3 unspecified atom stereocenters.